The van der Waals surface area contributed by atoms with Gasteiger partial charge in [0.25, 0.3) is 0 Å². The van der Waals surface area contributed by atoms with Crippen LogP contribution in [0.2, 0.25) is 0 Å². The summed E-state index contributed by atoms with van der Waals surface area (Å²) >= 11 is 0. The van der Waals surface area contributed by atoms with Crippen molar-refractivity contribution >= 4 is 45.5 Å². The van der Waals surface area contributed by atoms with Gasteiger partial charge in [0, 0.05) is 5.25 Å². The van der Waals surface area contributed by atoms with E-state index in [9.17, 15) is 19.2 Å². The molecule has 0 spiro atoms. The Balaban J connectivity index is 0. The Morgan fingerprint density at radius 2 is 1.17 bits per heavy atom. The molecule has 0 aromatic carbocycles. The summed E-state index contributed by atoms with van der Waals surface area (Å²) in [5, 5.41) is 34.6. The van der Waals surface area contributed by atoms with Crippen molar-refractivity contribution in [2.45, 2.75) is 44.3 Å². The molecule has 0 aromatic heterocycles. The summed E-state index contributed by atoms with van der Waals surface area (Å²) in [5.41, 5.74) is 0. The van der Waals surface area contributed by atoms with Crippen molar-refractivity contribution < 1.29 is 39.6 Å². The van der Waals surface area contributed by atoms with Gasteiger partial charge in [0.2, 0.25) is 0 Å². The predicted octanol–water partition coefficient (Wildman–Crippen LogP) is 2.55. The zero-order chi connectivity index (χ0) is 18.3. The molecule has 23 heavy (non-hydrogen) atoms. The first-order chi connectivity index (χ1) is 10.7. The van der Waals surface area contributed by atoms with Gasteiger partial charge >= 0.3 is 23.9 Å². The Hall–Kier alpha value is -1.68. The molecule has 0 amide bonds. The summed E-state index contributed by atoms with van der Waals surface area (Å²) in [6, 6.07) is 0. The van der Waals surface area contributed by atoms with Crippen LogP contribution in [0.3, 0.4) is 0 Å². The fourth-order valence-corrected chi connectivity index (χ4v) is 3.14. The minimum Gasteiger partial charge on any atom is -0.481 e. The first-order valence-corrected chi connectivity index (χ1v) is 8.82. The summed E-state index contributed by atoms with van der Waals surface area (Å²) in [4.78, 5) is 38.6. The molecule has 1 heterocycles. The van der Waals surface area contributed by atoms with Crippen molar-refractivity contribution in [3.8, 4) is 0 Å². The molecule has 4 N–H and O–H groups in total. The molecule has 1 aliphatic heterocycles. The van der Waals surface area contributed by atoms with Gasteiger partial charge in [-0.05, 0) is 11.8 Å². The lowest BCUT2D eigenvalue weighted by atomic mass is 10.3. The van der Waals surface area contributed by atoms with E-state index < -0.39 is 23.9 Å². The molecule has 1 aliphatic rings. The molecular formula is C13H20O8S2. The molecule has 10 heteroatoms. The number of carboxylic acid groups (broad SMARTS) is 4. The molecule has 8 nitrogen and oxygen atoms in total. The van der Waals surface area contributed by atoms with Gasteiger partial charge in [-0.3, -0.25) is 19.2 Å². The standard InChI is InChI=1S/C5H8S2.2C4H6O4/c1-2-5-3-4-6-7-5;2*5-3(6)1-2-4(7)8/h3-5H,2H2,1H3;2*1-2H2,(H,5,6)(H,7,8). The number of rotatable bonds is 7. The van der Waals surface area contributed by atoms with E-state index in [0.717, 1.165) is 5.25 Å². The largest absolute Gasteiger partial charge is 0.481 e. The van der Waals surface area contributed by atoms with Gasteiger partial charge in [0.05, 0.1) is 25.7 Å². The average Bonchev–Trinajstić information content (AvgIpc) is 2.97. The summed E-state index contributed by atoms with van der Waals surface area (Å²) in [6.45, 7) is 2.22. The number of hydrogen-bond acceptors (Lipinski definition) is 6. The third kappa shape index (κ3) is 22.7. The van der Waals surface area contributed by atoms with Crippen molar-refractivity contribution in [3.63, 3.8) is 0 Å². The Kier molecular flexibility index (Phi) is 15.6. The Morgan fingerprint density at radius 3 is 1.30 bits per heavy atom. The molecule has 0 bridgehead atoms. The van der Waals surface area contributed by atoms with Crippen LogP contribution in [0.1, 0.15) is 39.0 Å². The minimum atomic E-state index is -1.08. The highest BCUT2D eigenvalue weighted by atomic mass is 33.1. The normalized spacial score (nSPS) is 14.7. The van der Waals surface area contributed by atoms with Crippen LogP contribution in [0.4, 0.5) is 0 Å². The molecule has 0 aliphatic carbocycles. The highest BCUT2D eigenvalue weighted by Crippen LogP contribution is 2.36. The van der Waals surface area contributed by atoms with E-state index in [0.29, 0.717) is 0 Å². The number of carbonyl (C=O) groups is 4. The quantitative estimate of drug-likeness (QED) is 0.494. The highest BCUT2D eigenvalue weighted by Gasteiger charge is 2.05. The zero-order valence-electron chi connectivity index (χ0n) is 12.5. The Labute approximate surface area is 141 Å². The van der Waals surface area contributed by atoms with Crippen molar-refractivity contribution in [2.75, 3.05) is 0 Å². The molecule has 0 aromatic rings. The molecule has 1 rings (SSSR count). The van der Waals surface area contributed by atoms with Crippen LogP contribution in [0, 0.1) is 0 Å². The van der Waals surface area contributed by atoms with Crippen LogP contribution in [-0.2, 0) is 19.2 Å². The first kappa shape index (κ1) is 23.6. The fraction of sp³-hybridized carbons (Fsp3) is 0.538. The summed E-state index contributed by atoms with van der Waals surface area (Å²) in [7, 11) is 3.79. The topological polar surface area (TPSA) is 149 Å². The number of hydrogen-bond donors (Lipinski definition) is 4. The van der Waals surface area contributed by atoms with Crippen LogP contribution < -0.4 is 0 Å². The smallest absolute Gasteiger partial charge is 0.303 e. The van der Waals surface area contributed by atoms with Gasteiger partial charge in [-0.15, -0.1) is 0 Å². The van der Waals surface area contributed by atoms with Gasteiger partial charge in [0.1, 0.15) is 0 Å². The minimum absolute atomic E-state index is 0.296. The van der Waals surface area contributed by atoms with Gasteiger partial charge in [-0.1, -0.05) is 34.6 Å². The molecule has 0 radical (unpaired) electrons. The van der Waals surface area contributed by atoms with Gasteiger partial charge in [-0.25, -0.2) is 0 Å². The summed E-state index contributed by atoms with van der Waals surface area (Å²) in [5.74, 6) is -4.31. The number of aliphatic carboxylic acids is 4. The summed E-state index contributed by atoms with van der Waals surface area (Å²) in [6.07, 6.45) is 2.35. The second-order valence-electron chi connectivity index (χ2n) is 4.04. The highest BCUT2D eigenvalue weighted by molar-refractivity contribution is 8.78. The Bertz CT molecular complexity index is 366. The van der Waals surface area contributed by atoms with E-state index in [4.69, 9.17) is 20.4 Å². The first-order valence-electron chi connectivity index (χ1n) is 6.55. The molecule has 132 valence electrons. The molecule has 0 saturated carbocycles. The van der Waals surface area contributed by atoms with Crippen LogP contribution in [0.5, 0.6) is 0 Å². The van der Waals surface area contributed by atoms with E-state index in [-0.39, 0.29) is 25.7 Å². The molecule has 0 saturated heterocycles. The van der Waals surface area contributed by atoms with Crippen molar-refractivity contribution in [2.24, 2.45) is 0 Å². The number of carboxylic acids is 4. The van der Waals surface area contributed by atoms with E-state index in [1.54, 1.807) is 0 Å². The van der Waals surface area contributed by atoms with Gasteiger partial charge < -0.3 is 20.4 Å². The van der Waals surface area contributed by atoms with E-state index in [1.165, 1.54) is 6.42 Å². The van der Waals surface area contributed by atoms with Crippen LogP contribution in [0.15, 0.2) is 11.5 Å². The lowest BCUT2D eigenvalue weighted by molar-refractivity contribution is -0.143. The zero-order valence-corrected chi connectivity index (χ0v) is 14.1. The third-order valence-electron chi connectivity index (χ3n) is 2.04. The monoisotopic (exact) mass is 368 g/mol. The van der Waals surface area contributed by atoms with Crippen molar-refractivity contribution in [1.29, 1.82) is 0 Å². The van der Waals surface area contributed by atoms with Crippen LogP contribution in [-0.4, -0.2) is 49.6 Å². The van der Waals surface area contributed by atoms with Crippen LogP contribution >= 0.6 is 21.6 Å². The lowest BCUT2D eigenvalue weighted by Gasteiger charge is -1.96. The van der Waals surface area contributed by atoms with E-state index in [2.05, 4.69) is 18.4 Å². The molecule has 1 unspecified atom stereocenters. The van der Waals surface area contributed by atoms with Crippen molar-refractivity contribution in [3.05, 3.63) is 11.5 Å². The van der Waals surface area contributed by atoms with Gasteiger partial charge in [-0.2, -0.15) is 0 Å². The molecule has 0 fully saturated rings. The van der Waals surface area contributed by atoms with Gasteiger partial charge in [0.15, 0.2) is 0 Å². The SMILES string of the molecule is CCC1C=CSS1.O=C(O)CCC(=O)O.O=C(O)CCC(=O)O. The van der Waals surface area contributed by atoms with E-state index >= 15 is 0 Å². The molecule has 1 atom stereocenters. The maximum atomic E-state index is 9.64. The Morgan fingerprint density at radius 1 is 0.826 bits per heavy atom. The van der Waals surface area contributed by atoms with Crippen molar-refractivity contribution in [1.82, 2.24) is 0 Å². The fourth-order valence-electron chi connectivity index (χ4n) is 0.887. The van der Waals surface area contributed by atoms with Crippen LogP contribution in [0.25, 0.3) is 0 Å². The second kappa shape index (κ2) is 15.2. The maximum absolute atomic E-state index is 9.64. The predicted molar refractivity (Wildman–Crippen MR) is 87.4 cm³/mol. The third-order valence-corrected chi connectivity index (χ3v) is 4.56. The maximum Gasteiger partial charge on any atom is 0.303 e. The molecular weight excluding hydrogens is 348 g/mol. The lowest BCUT2D eigenvalue weighted by Crippen LogP contribution is -2.00. The average molecular weight is 368 g/mol. The summed E-state index contributed by atoms with van der Waals surface area (Å²) < 4.78 is 0. The second-order valence-corrected chi connectivity index (χ2v) is 6.46. The van der Waals surface area contributed by atoms with E-state index in [1.807, 2.05) is 21.6 Å².